The number of rotatable bonds is 1. The Kier molecular flexibility index (Phi) is 1.97. The molecule has 1 aromatic carbocycles. The molecule has 1 N–H and O–H groups in total. The Labute approximate surface area is 84.9 Å². The van der Waals surface area contributed by atoms with Gasteiger partial charge in [-0.05, 0) is 25.1 Å². The number of fused-ring (bicyclic) bond motifs is 1. The van der Waals surface area contributed by atoms with Crippen LogP contribution in [0.4, 0.5) is 0 Å². The van der Waals surface area contributed by atoms with Crippen molar-refractivity contribution in [1.82, 2.24) is 0 Å². The molecule has 2 rings (SSSR count). The summed E-state index contributed by atoms with van der Waals surface area (Å²) in [4.78, 5) is 10.9. The van der Waals surface area contributed by atoms with Crippen molar-refractivity contribution in [3.63, 3.8) is 0 Å². The summed E-state index contributed by atoms with van der Waals surface area (Å²) in [6.45, 7) is 1.76. The maximum absolute atomic E-state index is 10.9. The van der Waals surface area contributed by atoms with E-state index in [0.717, 1.165) is 0 Å². The molecule has 0 fully saturated rings. The van der Waals surface area contributed by atoms with Gasteiger partial charge in [0.2, 0.25) is 0 Å². The van der Waals surface area contributed by atoms with Crippen LogP contribution >= 0.6 is 11.6 Å². The number of furan rings is 1. The van der Waals surface area contributed by atoms with Gasteiger partial charge < -0.3 is 9.52 Å². The summed E-state index contributed by atoms with van der Waals surface area (Å²) in [6, 6.07) is 4.86. The van der Waals surface area contributed by atoms with Crippen LogP contribution in [-0.4, -0.2) is 11.1 Å². The molecular weight excluding hydrogens is 204 g/mol. The second-order valence-corrected chi connectivity index (χ2v) is 3.40. The molecular formula is C10H7ClO3. The second-order valence-electron chi connectivity index (χ2n) is 3.00. The molecule has 0 aliphatic carbocycles. The third kappa shape index (κ3) is 1.26. The average Bonchev–Trinajstić information content (AvgIpc) is 2.43. The van der Waals surface area contributed by atoms with Crippen molar-refractivity contribution in [3.8, 4) is 0 Å². The summed E-state index contributed by atoms with van der Waals surface area (Å²) < 4.78 is 5.29. The molecule has 3 nitrogen and oxygen atoms in total. The molecule has 0 saturated heterocycles. The van der Waals surface area contributed by atoms with Crippen molar-refractivity contribution in [1.29, 1.82) is 0 Å². The van der Waals surface area contributed by atoms with E-state index in [4.69, 9.17) is 21.1 Å². The predicted octanol–water partition coefficient (Wildman–Crippen LogP) is 3.09. The first-order valence-electron chi connectivity index (χ1n) is 4.01. The highest BCUT2D eigenvalue weighted by atomic mass is 35.5. The Morgan fingerprint density at radius 2 is 2.21 bits per heavy atom. The largest absolute Gasteiger partial charge is 0.478 e. The minimum Gasteiger partial charge on any atom is -0.478 e. The molecule has 0 aliphatic heterocycles. The fraction of sp³-hybridized carbons (Fsp3) is 0.100. The lowest BCUT2D eigenvalue weighted by molar-refractivity contribution is 0.0699. The van der Waals surface area contributed by atoms with Gasteiger partial charge in [-0.25, -0.2) is 4.79 Å². The monoisotopic (exact) mass is 210 g/mol. The van der Waals surface area contributed by atoms with Crippen molar-refractivity contribution >= 4 is 28.5 Å². The molecule has 4 heteroatoms. The van der Waals surface area contributed by atoms with Gasteiger partial charge >= 0.3 is 5.97 Å². The van der Waals surface area contributed by atoms with Crippen LogP contribution in [-0.2, 0) is 0 Å². The first kappa shape index (κ1) is 9.09. The van der Waals surface area contributed by atoms with Gasteiger partial charge in [0.25, 0.3) is 0 Å². The topological polar surface area (TPSA) is 50.4 Å². The van der Waals surface area contributed by atoms with Crippen molar-refractivity contribution in [2.45, 2.75) is 6.92 Å². The van der Waals surface area contributed by atoms with Gasteiger partial charge in [0.15, 0.2) is 0 Å². The number of hydrogen-bond donors (Lipinski definition) is 1. The first-order valence-corrected chi connectivity index (χ1v) is 4.39. The molecule has 0 aliphatic rings. The molecule has 1 heterocycles. The van der Waals surface area contributed by atoms with E-state index >= 15 is 0 Å². The quantitative estimate of drug-likeness (QED) is 0.787. The van der Waals surface area contributed by atoms with E-state index in [2.05, 4.69) is 0 Å². The van der Waals surface area contributed by atoms with Crippen LogP contribution in [0.5, 0.6) is 0 Å². The third-order valence-electron chi connectivity index (χ3n) is 1.99. The molecule has 0 amide bonds. The van der Waals surface area contributed by atoms with Gasteiger partial charge in [0.1, 0.15) is 11.3 Å². The lowest BCUT2D eigenvalue weighted by Gasteiger charge is -1.98. The Morgan fingerprint density at radius 3 is 2.86 bits per heavy atom. The molecule has 1 aromatic heterocycles. The van der Waals surface area contributed by atoms with Gasteiger partial charge in [0.05, 0.1) is 10.6 Å². The number of benzene rings is 1. The summed E-state index contributed by atoms with van der Waals surface area (Å²) >= 11 is 5.78. The Hall–Kier alpha value is -1.48. The van der Waals surface area contributed by atoms with Gasteiger partial charge in [-0.15, -0.1) is 0 Å². The van der Waals surface area contributed by atoms with Gasteiger partial charge in [0, 0.05) is 5.39 Å². The fourth-order valence-electron chi connectivity index (χ4n) is 1.43. The average molecular weight is 211 g/mol. The zero-order chi connectivity index (χ0) is 10.3. The number of carboxylic acid groups (broad SMARTS) is 1. The molecule has 0 unspecified atom stereocenters. The second kappa shape index (κ2) is 3.03. The molecule has 72 valence electrons. The van der Waals surface area contributed by atoms with Crippen LogP contribution in [0.15, 0.2) is 22.6 Å². The summed E-state index contributed by atoms with van der Waals surface area (Å²) in [5, 5.41) is 9.72. The van der Waals surface area contributed by atoms with Crippen molar-refractivity contribution in [2.75, 3.05) is 0 Å². The van der Waals surface area contributed by atoms with E-state index < -0.39 is 5.97 Å². The number of aryl methyl sites for hydroxylation is 1. The minimum absolute atomic E-state index is 0.0982. The Balaban J connectivity index is 2.88. The molecule has 2 aromatic rings. The lowest BCUT2D eigenvalue weighted by atomic mass is 10.1. The maximum Gasteiger partial charge on any atom is 0.337 e. The summed E-state index contributed by atoms with van der Waals surface area (Å²) in [6.07, 6.45) is 0. The molecule has 0 atom stereocenters. The summed E-state index contributed by atoms with van der Waals surface area (Å²) in [5.74, 6) is -0.369. The smallest absolute Gasteiger partial charge is 0.337 e. The van der Waals surface area contributed by atoms with Gasteiger partial charge in [-0.1, -0.05) is 11.6 Å². The van der Waals surface area contributed by atoms with Crippen molar-refractivity contribution in [2.24, 2.45) is 0 Å². The number of carboxylic acids is 1. The zero-order valence-corrected chi connectivity index (χ0v) is 8.13. The zero-order valence-electron chi connectivity index (χ0n) is 7.37. The lowest BCUT2D eigenvalue weighted by Crippen LogP contribution is -1.97. The molecule has 0 spiro atoms. The van der Waals surface area contributed by atoms with E-state index in [-0.39, 0.29) is 10.6 Å². The highest BCUT2D eigenvalue weighted by Gasteiger charge is 2.15. The van der Waals surface area contributed by atoms with Crippen LogP contribution in [0.1, 0.15) is 16.1 Å². The molecule has 0 saturated carbocycles. The Bertz CT molecular complexity index is 513. The van der Waals surface area contributed by atoms with E-state index in [1.807, 2.05) is 0 Å². The van der Waals surface area contributed by atoms with Crippen LogP contribution in [0.3, 0.4) is 0 Å². The number of halogens is 1. The minimum atomic E-state index is -1.04. The summed E-state index contributed by atoms with van der Waals surface area (Å²) in [5.41, 5.74) is 0.644. The normalized spacial score (nSPS) is 10.7. The number of aromatic carboxylic acids is 1. The molecule has 14 heavy (non-hydrogen) atoms. The van der Waals surface area contributed by atoms with Crippen LogP contribution in [0.25, 0.3) is 11.0 Å². The molecule has 0 bridgehead atoms. The van der Waals surface area contributed by atoms with E-state index in [1.165, 1.54) is 6.07 Å². The van der Waals surface area contributed by atoms with Crippen LogP contribution < -0.4 is 0 Å². The number of carbonyl (C=O) groups is 1. The van der Waals surface area contributed by atoms with E-state index in [0.29, 0.717) is 16.7 Å². The standard InChI is InChI=1S/C10H7ClO3/c1-5-4-6-8(14-5)3-2-7(11)9(6)10(12)13/h2-4H,1H3,(H,12,13). The number of hydrogen-bond acceptors (Lipinski definition) is 2. The first-order chi connectivity index (χ1) is 6.59. The van der Waals surface area contributed by atoms with Crippen LogP contribution in [0, 0.1) is 6.92 Å². The molecule has 0 radical (unpaired) electrons. The maximum atomic E-state index is 10.9. The van der Waals surface area contributed by atoms with Gasteiger partial charge in [-0.2, -0.15) is 0 Å². The van der Waals surface area contributed by atoms with Crippen molar-refractivity contribution in [3.05, 3.63) is 34.5 Å². The van der Waals surface area contributed by atoms with Crippen molar-refractivity contribution < 1.29 is 14.3 Å². The highest BCUT2D eigenvalue weighted by molar-refractivity contribution is 6.35. The van der Waals surface area contributed by atoms with Crippen LogP contribution in [0.2, 0.25) is 5.02 Å². The Morgan fingerprint density at radius 1 is 1.50 bits per heavy atom. The SMILES string of the molecule is Cc1cc2c(C(=O)O)c(Cl)ccc2o1. The predicted molar refractivity (Wildman–Crippen MR) is 52.9 cm³/mol. The van der Waals surface area contributed by atoms with E-state index in [1.54, 1.807) is 19.1 Å². The van der Waals surface area contributed by atoms with E-state index in [9.17, 15) is 4.79 Å². The highest BCUT2D eigenvalue weighted by Crippen LogP contribution is 2.28. The summed E-state index contributed by atoms with van der Waals surface area (Å²) in [7, 11) is 0. The van der Waals surface area contributed by atoms with Gasteiger partial charge in [-0.3, -0.25) is 0 Å². The third-order valence-corrected chi connectivity index (χ3v) is 2.30. The fourth-order valence-corrected chi connectivity index (χ4v) is 1.68.